The lowest BCUT2D eigenvalue weighted by molar-refractivity contribution is -0.143. The number of hydrogen-bond acceptors (Lipinski definition) is 4. The minimum absolute atomic E-state index is 0.0368. The van der Waals surface area contributed by atoms with Crippen LogP contribution in [-0.4, -0.2) is 66.4 Å². The molecule has 3 amide bonds. The predicted molar refractivity (Wildman–Crippen MR) is 94.5 cm³/mol. The molecule has 3 aliphatic heterocycles. The minimum atomic E-state index is -0.589. The van der Waals surface area contributed by atoms with Crippen LogP contribution in [0.5, 0.6) is 0 Å². The zero-order chi connectivity index (χ0) is 18.9. The third-order valence-electron chi connectivity index (χ3n) is 5.76. The lowest BCUT2D eigenvalue weighted by Crippen LogP contribution is -2.50. The van der Waals surface area contributed by atoms with Gasteiger partial charge in [0.2, 0.25) is 11.8 Å². The Bertz CT molecular complexity index is 659. The molecular formula is C19H27N3O4. The van der Waals surface area contributed by atoms with Crippen molar-refractivity contribution in [2.45, 2.75) is 39.2 Å². The Morgan fingerprint density at radius 2 is 2.04 bits per heavy atom. The molecular weight excluding hydrogens is 334 g/mol. The van der Waals surface area contributed by atoms with Crippen molar-refractivity contribution in [3.63, 3.8) is 0 Å². The summed E-state index contributed by atoms with van der Waals surface area (Å²) in [4.78, 5) is 40.5. The number of amides is 3. The number of nitrogens with two attached hydrogens (primary N) is 1. The van der Waals surface area contributed by atoms with Crippen molar-refractivity contribution in [2.75, 3.05) is 32.8 Å². The molecule has 3 aliphatic rings. The van der Waals surface area contributed by atoms with E-state index in [0.717, 1.165) is 6.42 Å². The van der Waals surface area contributed by atoms with Crippen molar-refractivity contribution in [3.05, 3.63) is 0 Å². The lowest BCUT2D eigenvalue weighted by atomic mass is 9.85. The van der Waals surface area contributed by atoms with Crippen LogP contribution in [0, 0.1) is 29.1 Å². The molecule has 0 bridgehead atoms. The van der Waals surface area contributed by atoms with Gasteiger partial charge >= 0.3 is 0 Å². The standard InChI is InChI=1S/C19H27N3O4/c1-13(2)16(17(20)24)22-9-7-19(18(22)25)6-8-21(12-19)15(23)4-3-14-5-10-26-11-14/h13-14,16H,5-12H2,1-2H3,(H2,20,24)/t14-,16?,19+/m1/s1. The van der Waals surface area contributed by atoms with Crippen LogP contribution in [0.4, 0.5) is 0 Å². The van der Waals surface area contributed by atoms with Crippen LogP contribution in [0.25, 0.3) is 0 Å². The second-order valence-corrected chi connectivity index (χ2v) is 7.93. The molecule has 3 heterocycles. The summed E-state index contributed by atoms with van der Waals surface area (Å²) >= 11 is 0. The fourth-order valence-corrected chi connectivity index (χ4v) is 4.27. The molecule has 142 valence electrons. The van der Waals surface area contributed by atoms with Gasteiger partial charge in [0.05, 0.1) is 12.0 Å². The van der Waals surface area contributed by atoms with Gasteiger partial charge in [-0.05, 0) is 31.1 Å². The number of ether oxygens (including phenoxy) is 1. The highest BCUT2D eigenvalue weighted by molar-refractivity contribution is 5.96. The molecule has 3 rings (SSSR count). The van der Waals surface area contributed by atoms with E-state index in [0.29, 0.717) is 45.7 Å². The van der Waals surface area contributed by atoms with E-state index in [9.17, 15) is 14.4 Å². The van der Waals surface area contributed by atoms with Gasteiger partial charge in [-0.3, -0.25) is 14.4 Å². The number of primary amides is 1. The summed E-state index contributed by atoms with van der Waals surface area (Å²) in [6.07, 6.45) is 2.13. The second kappa shape index (κ2) is 7.28. The molecule has 7 nitrogen and oxygen atoms in total. The summed E-state index contributed by atoms with van der Waals surface area (Å²) in [5, 5.41) is 0. The first kappa shape index (κ1) is 18.7. The average molecular weight is 361 g/mol. The monoisotopic (exact) mass is 361 g/mol. The maximum absolute atomic E-state index is 13.0. The van der Waals surface area contributed by atoms with Crippen LogP contribution in [0.3, 0.4) is 0 Å². The Morgan fingerprint density at radius 1 is 1.31 bits per heavy atom. The van der Waals surface area contributed by atoms with Crippen molar-refractivity contribution in [1.82, 2.24) is 9.80 Å². The zero-order valence-corrected chi connectivity index (χ0v) is 15.5. The minimum Gasteiger partial charge on any atom is -0.380 e. The number of carbonyl (C=O) groups excluding carboxylic acids is 3. The highest BCUT2D eigenvalue weighted by Gasteiger charge is 2.53. The summed E-state index contributed by atoms with van der Waals surface area (Å²) in [5.74, 6) is 5.04. The van der Waals surface area contributed by atoms with Crippen molar-refractivity contribution >= 4 is 17.7 Å². The molecule has 0 aliphatic carbocycles. The molecule has 7 heteroatoms. The molecule has 26 heavy (non-hydrogen) atoms. The first-order valence-electron chi connectivity index (χ1n) is 9.33. The lowest BCUT2D eigenvalue weighted by Gasteiger charge is -2.30. The van der Waals surface area contributed by atoms with Gasteiger partial charge in [0.1, 0.15) is 6.04 Å². The molecule has 0 saturated carbocycles. The van der Waals surface area contributed by atoms with Gasteiger partial charge in [-0.25, -0.2) is 0 Å². The maximum atomic E-state index is 13.0. The normalized spacial score (nSPS) is 29.3. The highest BCUT2D eigenvalue weighted by Crippen LogP contribution is 2.42. The van der Waals surface area contributed by atoms with E-state index < -0.39 is 17.4 Å². The maximum Gasteiger partial charge on any atom is 0.298 e. The van der Waals surface area contributed by atoms with Gasteiger partial charge in [-0.15, -0.1) is 0 Å². The number of nitrogens with zero attached hydrogens (tertiary/aromatic N) is 2. The zero-order valence-electron chi connectivity index (χ0n) is 15.5. The van der Waals surface area contributed by atoms with E-state index in [1.54, 1.807) is 9.80 Å². The van der Waals surface area contributed by atoms with Crippen LogP contribution in [0.15, 0.2) is 0 Å². The van der Waals surface area contributed by atoms with Crippen molar-refractivity contribution in [1.29, 1.82) is 0 Å². The van der Waals surface area contributed by atoms with Crippen LogP contribution >= 0.6 is 0 Å². The first-order chi connectivity index (χ1) is 12.3. The van der Waals surface area contributed by atoms with Crippen LogP contribution in [-0.2, 0) is 19.1 Å². The van der Waals surface area contributed by atoms with Gasteiger partial charge < -0.3 is 20.3 Å². The first-order valence-corrected chi connectivity index (χ1v) is 9.33. The Labute approximate surface area is 154 Å². The Kier molecular flexibility index (Phi) is 5.24. The van der Waals surface area contributed by atoms with Gasteiger partial charge in [0.25, 0.3) is 5.91 Å². The number of rotatable bonds is 3. The van der Waals surface area contributed by atoms with Gasteiger partial charge in [0, 0.05) is 32.2 Å². The Morgan fingerprint density at radius 3 is 2.65 bits per heavy atom. The van der Waals surface area contributed by atoms with Crippen molar-refractivity contribution in [2.24, 2.45) is 23.0 Å². The molecule has 0 aromatic rings. The number of hydrogen-bond donors (Lipinski definition) is 1. The van der Waals surface area contributed by atoms with Crippen molar-refractivity contribution < 1.29 is 19.1 Å². The van der Waals surface area contributed by atoms with Gasteiger partial charge in [-0.2, -0.15) is 0 Å². The summed E-state index contributed by atoms with van der Waals surface area (Å²) in [7, 11) is 0. The van der Waals surface area contributed by atoms with Gasteiger partial charge in [-0.1, -0.05) is 19.8 Å². The van der Waals surface area contributed by atoms with Crippen LogP contribution in [0.2, 0.25) is 0 Å². The van der Waals surface area contributed by atoms with E-state index in [4.69, 9.17) is 10.5 Å². The fraction of sp³-hybridized carbons (Fsp3) is 0.737. The predicted octanol–water partition coefficient (Wildman–Crippen LogP) is -0.0128. The smallest absolute Gasteiger partial charge is 0.298 e. The highest BCUT2D eigenvalue weighted by atomic mass is 16.5. The van der Waals surface area contributed by atoms with E-state index in [2.05, 4.69) is 11.8 Å². The molecule has 1 unspecified atom stereocenters. The molecule has 1 spiro atoms. The van der Waals surface area contributed by atoms with Crippen LogP contribution < -0.4 is 5.73 Å². The molecule has 3 atom stereocenters. The SMILES string of the molecule is CC(C)C(C(N)=O)N1CC[C@]2(CCN(C(=O)C#C[C@@H]3CCOC3)C2)C1=O. The average Bonchev–Trinajstić information content (AvgIpc) is 3.30. The second-order valence-electron chi connectivity index (χ2n) is 7.93. The molecule has 3 saturated heterocycles. The summed E-state index contributed by atoms with van der Waals surface area (Å²) in [5.41, 5.74) is 4.93. The molecule has 0 aromatic carbocycles. The largest absolute Gasteiger partial charge is 0.380 e. The fourth-order valence-electron chi connectivity index (χ4n) is 4.27. The molecule has 2 N–H and O–H groups in total. The number of carbonyl (C=O) groups is 3. The van der Waals surface area contributed by atoms with Gasteiger partial charge in [0.15, 0.2) is 0 Å². The molecule has 0 radical (unpaired) electrons. The summed E-state index contributed by atoms with van der Waals surface area (Å²) in [6, 6.07) is -0.589. The van der Waals surface area contributed by atoms with Crippen LogP contribution in [0.1, 0.15) is 33.1 Å². The topological polar surface area (TPSA) is 92.9 Å². The third-order valence-corrected chi connectivity index (χ3v) is 5.76. The summed E-state index contributed by atoms with van der Waals surface area (Å²) in [6.45, 7) is 6.47. The number of likely N-dealkylation sites (tertiary alicyclic amines) is 2. The molecule has 3 fully saturated rings. The van der Waals surface area contributed by atoms with E-state index in [1.807, 2.05) is 13.8 Å². The molecule has 0 aromatic heterocycles. The van der Waals surface area contributed by atoms with E-state index >= 15 is 0 Å². The van der Waals surface area contributed by atoms with Crippen molar-refractivity contribution in [3.8, 4) is 11.8 Å². The quantitative estimate of drug-likeness (QED) is 0.716. The Hall–Kier alpha value is -2.07. The Balaban J connectivity index is 1.66. The van der Waals surface area contributed by atoms with E-state index in [1.165, 1.54) is 0 Å². The van der Waals surface area contributed by atoms with E-state index in [-0.39, 0.29) is 23.7 Å². The third kappa shape index (κ3) is 3.43. The summed E-state index contributed by atoms with van der Waals surface area (Å²) < 4.78 is 5.26.